The van der Waals surface area contributed by atoms with Crippen LogP contribution in [0.5, 0.6) is 5.75 Å². The van der Waals surface area contributed by atoms with Gasteiger partial charge in [0.05, 0.1) is 6.61 Å². The molecule has 0 aliphatic heterocycles. The van der Waals surface area contributed by atoms with Crippen molar-refractivity contribution in [3.8, 4) is 5.75 Å². The first-order chi connectivity index (χ1) is 14.0. The van der Waals surface area contributed by atoms with Gasteiger partial charge < -0.3 is 14.8 Å². The molecule has 1 amide bonds. The van der Waals surface area contributed by atoms with Crippen LogP contribution >= 0.6 is 0 Å². The molecule has 0 unspecified atom stereocenters. The van der Waals surface area contributed by atoms with E-state index in [0.29, 0.717) is 17.9 Å². The van der Waals surface area contributed by atoms with Gasteiger partial charge in [-0.1, -0.05) is 38.8 Å². The highest BCUT2D eigenvalue weighted by Crippen LogP contribution is 2.17. The largest absolute Gasteiger partial charge is 0.479 e. The van der Waals surface area contributed by atoms with Crippen molar-refractivity contribution in [3.05, 3.63) is 59.7 Å². The van der Waals surface area contributed by atoms with Gasteiger partial charge in [-0.3, -0.25) is 4.79 Å². The number of rotatable bonds is 11. The molecule has 1 atom stereocenters. The fraction of sp³-hybridized carbons (Fsp3) is 0.417. The highest BCUT2D eigenvalue weighted by atomic mass is 16.6. The number of benzene rings is 2. The quantitative estimate of drug-likeness (QED) is 0.408. The zero-order chi connectivity index (χ0) is 21.1. The number of hydrogen-bond donors (Lipinski definition) is 1. The zero-order valence-electron chi connectivity index (χ0n) is 17.6. The molecule has 29 heavy (non-hydrogen) atoms. The molecule has 1 N–H and O–H groups in total. The molecule has 0 radical (unpaired) electrons. The summed E-state index contributed by atoms with van der Waals surface area (Å²) in [6.45, 7) is 6.26. The van der Waals surface area contributed by atoms with Gasteiger partial charge in [-0.15, -0.1) is 0 Å². The van der Waals surface area contributed by atoms with Crippen molar-refractivity contribution in [2.75, 3.05) is 11.9 Å². The summed E-state index contributed by atoms with van der Waals surface area (Å²) in [4.78, 5) is 24.3. The zero-order valence-corrected chi connectivity index (χ0v) is 17.6. The third-order valence-electron chi connectivity index (χ3n) is 4.53. The van der Waals surface area contributed by atoms with E-state index < -0.39 is 6.10 Å². The van der Waals surface area contributed by atoms with Crippen molar-refractivity contribution in [1.29, 1.82) is 0 Å². The van der Waals surface area contributed by atoms with Crippen LogP contribution in [0.25, 0.3) is 0 Å². The maximum absolute atomic E-state index is 12.4. The van der Waals surface area contributed by atoms with Crippen LogP contribution in [0.2, 0.25) is 0 Å². The van der Waals surface area contributed by atoms with Crippen LogP contribution in [-0.2, 0) is 16.0 Å². The second kappa shape index (κ2) is 11.9. The Kier molecular flexibility index (Phi) is 9.22. The van der Waals surface area contributed by atoms with Crippen molar-refractivity contribution in [3.63, 3.8) is 0 Å². The molecule has 0 spiro atoms. The van der Waals surface area contributed by atoms with Crippen molar-refractivity contribution in [2.45, 2.75) is 59.0 Å². The summed E-state index contributed by atoms with van der Waals surface area (Å²) in [5.41, 5.74) is 2.55. The molecule has 0 aliphatic rings. The first-order valence-electron chi connectivity index (χ1n) is 10.4. The third-order valence-corrected chi connectivity index (χ3v) is 4.53. The molecule has 5 nitrogen and oxygen atoms in total. The van der Waals surface area contributed by atoms with Gasteiger partial charge in [0.2, 0.25) is 0 Å². The lowest BCUT2D eigenvalue weighted by Gasteiger charge is -2.14. The second-order valence-electron chi connectivity index (χ2n) is 7.06. The number of anilines is 1. The van der Waals surface area contributed by atoms with Gasteiger partial charge in [-0.05, 0) is 68.1 Å². The summed E-state index contributed by atoms with van der Waals surface area (Å²) in [5, 5.41) is 2.89. The minimum Gasteiger partial charge on any atom is -0.479 e. The Morgan fingerprint density at radius 1 is 0.931 bits per heavy atom. The first-order valence-corrected chi connectivity index (χ1v) is 10.4. The Balaban J connectivity index is 1.87. The third kappa shape index (κ3) is 7.60. The number of carbonyl (C=O) groups is 2. The molecule has 0 bridgehead atoms. The van der Waals surface area contributed by atoms with E-state index in [9.17, 15) is 9.59 Å². The van der Waals surface area contributed by atoms with E-state index in [1.54, 1.807) is 31.2 Å². The predicted octanol–water partition coefficient (Wildman–Crippen LogP) is 5.39. The summed E-state index contributed by atoms with van der Waals surface area (Å²) >= 11 is 0. The van der Waals surface area contributed by atoms with Gasteiger partial charge >= 0.3 is 5.97 Å². The van der Waals surface area contributed by atoms with Gasteiger partial charge in [-0.25, -0.2) is 4.79 Å². The van der Waals surface area contributed by atoms with Crippen LogP contribution in [0.1, 0.15) is 62.4 Å². The van der Waals surface area contributed by atoms with Crippen LogP contribution in [0.15, 0.2) is 48.5 Å². The van der Waals surface area contributed by atoms with E-state index in [2.05, 4.69) is 12.2 Å². The Hall–Kier alpha value is -2.82. The van der Waals surface area contributed by atoms with Crippen LogP contribution in [0.4, 0.5) is 5.69 Å². The van der Waals surface area contributed by atoms with Crippen LogP contribution < -0.4 is 10.1 Å². The van der Waals surface area contributed by atoms with Crippen LogP contribution in [0.3, 0.4) is 0 Å². The Labute approximate surface area is 173 Å². The van der Waals surface area contributed by atoms with Crippen molar-refractivity contribution >= 4 is 17.6 Å². The highest BCUT2D eigenvalue weighted by molar-refractivity contribution is 6.04. The predicted molar refractivity (Wildman–Crippen MR) is 115 cm³/mol. The van der Waals surface area contributed by atoms with E-state index in [4.69, 9.17) is 9.47 Å². The van der Waals surface area contributed by atoms with Crippen molar-refractivity contribution < 1.29 is 19.1 Å². The summed E-state index contributed by atoms with van der Waals surface area (Å²) < 4.78 is 10.7. The molecular formula is C24H31NO4. The van der Waals surface area contributed by atoms with Crippen LogP contribution in [0, 0.1) is 0 Å². The van der Waals surface area contributed by atoms with E-state index in [1.165, 1.54) is 5.56 Å². The van der Waals surface area contributed by atoms with Gasteiger partial charge in [-0.2, -0.15) is 0 Å². The molecule has 0 saturated heterocycles. The van der Waals surface area contributed by atoms with Gasteiger partial charge in [0, 0.05) is 11.3 Å². The fourth-order valence-corrected chi connectivity index (χ4v) is 2.71. The molecule has 156 valence electrons. The van der Waals surface area contributed by atoms with Crippen molar-refractivity contribution in [2.24, 2.45) is 0 Å². The number of carbonyl (C=O) groups excluding carboxylic acids is 2. The number of ether oxygens (including phenoxy) is 2. The topological polar surface area (TPSA) is 64.6 Å². The number of aryl methyl sites for hydroxylation is 1. The molecule has 2 aromatic rings. The molecule has 2 aromatic carbocycles. The lowest BCUT2D eigenvalue weighted by atomic mass is 10.1. The molecule has 5 heteroatoms. The smallest absolute Gasteiger partial charge is 0.347 e. The van der Waals surface area contributed by atoms with Gasteiger partial charge in [0.25, 0.3) is 5.91 Å². The Morgan fingerprint density at radius 3 is 2.21 bits per heavy atom. The molecule has 0 heterocycles. The number of esters is 1. The second-order valence-corrected chi connectivity index (χ2v) is 7.06. The average molecular weight is 398 g/mol. The van der Waals surface area contributed by atoms with Crippen molar-refractivity contribution in [1.82, 2.24) is 0 Å². The molecule has 0 aliphatic carbocycles. The maximum atomic E-state index is 12.4. The summed E-state index contributed by atoms with van der Waals surface area (Å²) in [5.74, 6) is -0.0608. The van der Waals surface area contributed by atoms with Crippen LogP contribution in [-0.4, -0.2) is 24.6 Å². The molecule has 0 aromatic heterocycles. The summed E-state index contributed by atoms with van der Waals surface area (Å²) in [6.07, 6.45) is 4.49. The lowest BCUT2D eigenvalue weighted by Crippen LogP contribution is -2.26. The number of unbranched alkanes of at least 4 members (excludes halogenated alkanes) is 2. The molecule has 0 fully saturated rings. The standard InChI is InChI=1S/C24H31NO4/c1-4-6-8-19-9-13-21(14-10-19)25-23(26)20-11-15-22(16-12-20)29-18(3)24(27)28-17-7-5-2/h9-16,18H,4-8,17H2,1-3H3,(H,25,26)/t18-/m1/s1. The Morgan fingerprint density at radius 2 is 1.59 bits per heavy atom. The number of nitrogens with one attached hydrogen (secondary N) is 1. The number of amides is 1. The average Bonchev–Trinajstić information content (AvgIpc) is 2.73. The normalized spacial score (nSPS) is 11.6. The Bertz CT molecular complexity index is 768. The SMILES string of the molecule is CCCCOC(=O)[C@@H](C)Oc1ccc(C(=O)Nc2ccc(CCCC)cc2)cc1. The monoisotopic (exact) mass is 397 g/mol. The molecular weight excluding hydrogens is 366 g/mol. The van der Waals surface area contributed by atoms with E-state index >= 15 is 0 Å². The first kappa shape index (κ1) is 22.5. The summed E-state index contributed by atoms with van der Waals surface area (Å²) in [7, 11) is 0. The minimum atomic E-state index is -0.697. The van der Waals surface area contributed by atoms with Gasteiger partial charge in [0.1, 0.15) is 5.75 Å². The van der Waals surface area contributed by atoms with E-state index in [0.717, 1.165) is 37.8 Å². The maximum Gasteiger partial charge on any atom is 0.347 e. The van der Waals surface area contributed by atoms with E-state index in [-0.39, 0.29) is 11.9 Å². The summed E-state index contributed by atoms with van der Waals surface area (Å²) in [6, 6.07) is 14.6. The minimum absolute atomic E-state index is 0.190. The molecule has 2 rings (SSSR count). The van der Waals surface area contributed by atoms with E-state index in [1.807, 2.05) is 31.2 Å². The number of hydrogen-bond acceptors (Lipinski definition) is 4. The lowest BCUT2D eigenvalue weighted by molar-refractivity contribution is -0.151. The molecule has 0 saturated carbocycles. The van der Waals surface area contributed by atoms with Gasteiger partial charge in [0.15, 0.2) is 6.10 Å². The highest BCUT2D eigenvalue weighted by Gasteiger charge is 2.16. The fourth-order valence-electron chi connectivity index (χ4n) is 2.71.